The van der Waals surface area contributed by atoms with Crippen LogP contribution in [0.3, 0.4) is 0 Å². The lowest BCUT2D eigenvalue weighted by Crippen LogP contribution is -2.43. The molecule has 4 aliphatic rings. The fourth-order valence-electron chi connectivity index (χ4n) is 8.65. The predicted octanol–water partition coefficient (Wildman–Crippen LogP) is 6.42. The van der Waals surface area contributed by atoms with Crippen LogP contribution < -0.4 is 15.4 Å². The molecule has 8 rings (SSSR count). The number of halogens is 6. The van der Waals surface area contributed by atoms with Crippen molar-refractivity contribution in [3.63, 3.8) is 0 Å². The fourth-order valence-corrected chi connectivity index (χ4v) is 9.60. The summed E-state index contributed by atoms with van der Waals surface area (Å²) in [4.78, 5) is 27.1. The number of likely N-dealkylation sites (N-methyl/N-ethyl adjacent to an activating group) is 1. The van der Waals surface area contributed by atoms with E-state index in [1.165, 1.54) is 0 Å². The van der Waals surface area contributed by atoms with Crippen LogP contribution in [0.5, 0.6) is 6.01 Å². The average Bonchev–Trinajstić information content (AvgIpc) is 3.88. The molecule has 0 aliphatic carbocycles. The number of ether oxygens (including phenoxy) is 1. The number of fused-ring (bicyclic) bond motifs is 4. The summed E-state index contributed by atoms with van der Waals surface area (Å²) < 4.78 is 97.5. The van der Waals surface area contributed by atoms with Gasteiger partial charge < -0.3 is 20.3 Å². The van der Waals surface area contributed by atoms with Crippen LogP contribution in [0.1, 0.15) is 49.7 Å². The minimum atomic E-state index is -5.12. The van der Waals surface area contributed by atoms with Crippen molar-refractivity contribution in [3.05, 3.63) is 41.0 Å². The molecule has 50 heavy (non-hydrogen) atoms. The van der Waals surface area contributed by atoms with E-state index in [0.29, 0.717) is 37.3 Å². The van der Waals surface area contributed by atoms with Crippen LogP contribution in [0.2, 0.25) is 0 Å². The fraction of sp³-hybridized carbons (Fsp3) is 0.471. The van der Waals surface area contributed by atoms with Gasteiger partial charge in [0.05, 0.1) is 33.4 Å². The van der Waals surface area contributed by atoms with E-state index in [1.807, 2.05) is 11.0 Å². The van der Waals surface area contributed by atoms with Crippen molar-refractivity contribution in [1.29, 1.82) is 5.26 Å². The lowest BCUT2D eigenvalue weighted by atomic mass is 9.92. The van der Waals surface area contributed by atoms with E-state index in [0.717, 1.165) is 31.0 Å². The molecule has 0 spiro atoms. The van der Waals surface area contributed by atoms with Gasteiger partial charge in [0.25, 0.3) is 0 Å². The minimum Gasteiger partial charge on any atom is -0.461 e. The van der Waals surface area contributed by atoms with Gasteiger partial charge in [0.1, 0.15) is 41.0 Å². The molecule has 4 saturated heterocycles. The molecular formula is C34H31F6N7O2S. The molecule has 9 nitrogen and oxygen atoms in total. The lowest BCUT2D eigenvalue weighted by molar-refractivity contribution is -0.137. The van der Waals surface area contributed by atoms with Crippen LogP contribution in [-0.4, -0.2) is 82.8 Å². The first-order chi connectivity index (χ1) is 23.8. The Morgan fingerprint density at radius 1 is 1.22 bits per heavy atom. The zero-order chi connectivity index (χ0) is 35.3. The summed E-state index contributed by atoms with van der Waals surface area (Å²) in [6.07, 6.45) is -2.89. The van der Waals surface area contributed by atoms with Gasteiger partial charge in [-0.2, -0.15) is 28.4 Å². The zero-order valence-electron chi connectivity index (χ0n) is 26.8. The van der Waals surface area contributed by atoms with Crippen LogP contribution in [-0.2, 0) is 11.0 Å². The van der Waals surface area contributed by atoms with Crippen molar-refractivity contribution in [3.8, 4) is 23.2 Å². The third kappa shape index (κ3) is 4.95. The van der Waals surface area contributed by atoms with Gasteiger partial charge in [-0.05, 0) is 49.9 Å². The summed E-state index contributed by atoms with van der Waals surface area (Å²) in [6, 6.07) is 3.48. The highest BCUT2D eigenvalue weighted by molar-refractivity contribution is 7.23. The molecule has 4 aliphatic heterocycles. The number of nitrogens with zero attached hydrogens (tertiary/aromatic N) is 6. The summed E-state index contributed by atoms with van der Waals surface area (Å²) in [5.74, 6) is -2.36. The summed E-state index contributed by atoms with van der Waals surface area (Å²) >= 11 is 0.680. The van der Waals surface area contributed by atoms with Gasteiger partial charge in [-0.25, -0.2) is 13.2 Å². The number of thiophene rings is 1. The van der Waals surface area contributed by atoms with Crippen molar-refractivity contribution in [2.24, 2.45) is 0 Å². The first-order valence-corrected chi connectivity index (χ1v) is 17.2. The van der Waals surface area contributed by atoms with Gasteiger partial charge in [-0.3, -0.25) is 9.69 Å². The molecule has 2 aromatic carbocycles. The molecule has 4 aromatic rings. The largest absolute Gasteiger partial charge is 0.461 e. The quantitative estimate of drug-likeness (QED) is 0.228. The second-order valence-electron chi connectivity index (χ2n) is 13.6. The predicted molar refractivity (Wildman–Crippen MR) is 174 cm³/mol. The van der Waals surface area contributed by atoms with E-state index in [2.05, 4.69) is 9.97 Å². The van der Waals surface area contributed by atoms with Gasteiger partial charge >= 0.3 is 12.2 Å². The van der Waals surface area contributed by atoms with E-state index >= 15 is 17.6 Å². The van der Waals surface area contributed by atoms with Crippen molar-refractivity contribution in [2.45, 2.75) is 68.5 Å². The Labute approximate surface area is 286 Å². The second-order valence-corrected chi connectivity index (χ2v) is 14.7. The highest BCUT2D eigenvalue weighted by Gasteiger charge is 2.50. The highest BCUT2D eigenvalue weighted by Crippen LogP contribution is 2.49. The van der Waals surface area contributed by atoms with E-state index < -0.39 is 52.2 Å². The zero-order valence-corrected chi connectivity index (χ0v) is 27.6. The van der Waals surface area contributed by atoms with Crippen LogP contribution in [0, 0.1) is 23.0 Å². The van der Waals surface area contributed by atoms with Crippen molar-refractivity contribution < 1.29 is 35.9 Å². The third-order valence-corrected chi connectivity index (χ3v) is 11.9. The monoisotopic (exact) mass is 715 g/mol. The van der Waals surface area contributed by atoms with Crippen molar-refractivity contribution in [2.75, 3.05) is 43.9 Å². The summed E-state index contributed by atoms with van der Waals surface area (Å²) in [7, 11) is 1.60. The molecule has 0 bridgehead atoms. The maximum Gasteiger partial charge on any atom is 0.417 e. The van der Waals surface area contributed by atoms with Gasteiger partial charge in [0, 0.05) is 49.3 Å². The molecule has 1 amide bonds. The molecule has 262 valence electrons. The number of carbonyl (C=O) groups excluding carboxylic acids is 1. The molecule has 4 atom stereocenters. The van der Waals surface area contributed by atoms with Gasteiger partial charge in [-0.1, -0.05) is 6.07 Å². The number of nitrogen functional groups attached to an aromatic ring is 1. The standard InChI is InChI=1S/C34H31F6N7O2S/c1-45(23-11-24(48)47-9-2-4-22(23)47)31-18-10-20(34(38,39)40)26(17-5-6-21(36)29-25(17)19(13-41)30(42)50-29)27(37)28(18)43-32(44-31)49-15-33-7-3-8-46(33)14-16(35)12-33/h5-6,10,16,22-23H,2-4,7-9,11-12,14-15,42H2,1H3. The van der Waals surface area contributed by atoms with Crippen LogP contribution in [0.25, 0.3) is 32.1 Å². The normalized spacial score (nSPS) is 25.1. The Balaban J connectivity index is 1.35. The summed E-state index contributed by atoms with van der Waals surface area (Å²) in [5.41, 5.74) is 1.87. The van der Waals surface area contributed by atoms with E-state index in [1.54, 1.807) is 16.8 Å². The number of amides is 1. The van der Waals surface area contributed by atoms with Crippen LogP contribution >= 0.6 is 11.3 Å². The van der Waals surface area contributed by atoms with Crippen molar-refractivity contribution in [1.82, 2.24) is 19.8 Å². The second kappa shape index (κ2) is 11.6. The van der Waals surface area contributed by atoms with Crippen LogP contribution in [0.15, 0.2) is 18.2 Å². The van der Waals surface area contributed by atoms with E-state index in [9.17, 15) is 18.8 Å². The smallest absolute Gasteiger partial charge is 0.417 e. The van der Waals surface area contributed by atoms with Crippen molar-refractivity contribution >= 4 is 49.1 Å². The Morgan fingerprint density at radius 3 is 2.78 bits per heavy atom. The molecule has 16 heteroatoms. The van der Waals surface area contributed by atoms with Crippen LogP contribution in [0.4, 0.5) is 37.2 Å². The number of anilines is 2. The van der Waals surface area contributed by atoms with Gasteiger partial charge in [0.2, 0.25) is 5.91 Å². The number of hydrogen-bond acceptors (Lipinski definition) is 9. The number of rotatable bonds is 6. The highest BCUT2D eigenvalue weighted by atomic mass is 32.1. The summed E-state index contributed by atoms with van der Waals surface area (Å²) in [5, 5.41) is 9.19. The summed E-state index contributed by atoms with van der Waals surface area (Å²) in [6.45, 7) is 1.49. The van der Waals surface area contributed by atoms with E-state index in [-0.39, 0.29) is 81.4 Å². The molecule has 0 radical (unpaired) electrons. The maximum atomic E-state index is 17.1. The Kier molecular flexibility index (Phi) is 7.61. The lowest BCUT2D eigenvalue weighted by Gasteiger charge is -2.32. The number of aromatic nitrogens is 2. The molecule has 0 saturated carbocycles. The minimum absolute atomic E-state index is 0.0200. The molecular weight excluding hydrogens is 684 g/mol. The first kappa shape index (κ1) is 32.8. The Hall–Kier alpha value is -4.36. The molecule has 2 N–H and O–H groups in total. The number of carbonyl (C=O) groups is 1. The number of nitriles is 1. The van der Waals surface area contributed by atoms with Gasteiger partial charge in [0.15, 0.2) is 5.82 Å². The third-order valence-electron chi connectivity index (χ3n) is 10.9. The topological polar surface area (TPSA) is 112 Å². The molecule has 4 unspecified atom stereocenters. The SMILES string of the molecule is CN(c1nc(OCC23CCCN2CC(F)C3)nc2c(F)c(-c3ccc(F)c4sc(N)c(C#N)c34)c(C(F)(F)F)cc12)C1CC(=O)N2CCCC12. The molecule has 2 aromatic heterocycles. The Morgan fingerprint density at radius 2 is 2.02 bits per heavy atom. The number of benzene rings is 2. The Bertz CT molecular complexity index is 2120. The number of nitrogens with two attached hydrogens (primary N) is 1. The average molecular weight is 716 g/mol. The molecule has 4 fully saturated rings. The first-order valence-electron chi connectivity index (χ1n) is 16.4. The van der Waals surface area contributed by atoms with Gasteiger partial charge in [-0.15, -0.1) is 11.3 Å². The van der Waals surface area contributed by atoms with E-state index in [4.69, 9.17) is 10.5 Å². The number of alkyl halides is 4. The maximum absolute atomic E-state index is 17.1. The number of hydrogen-bond donors (Lipinski definition) is 1. The molecule has 6 heterocycles.